The van der Waals surface area contributed by atoms with Crippen LogP contribution in [0.1, 0.15) is 35.7 Å². The molecule has 2 heterocycles. The van der Waals surface area contributed by atoms with E-state index in [0.29, 0.717) is 18.0 Å². The number of anilines is 1. The number of piperidine rings is 1. The molecular weight excluding hydrogens is 370 g/mol. The molecule has 1 spiro atoms. The number of hydrogen-bond acceptors (Lipinski definition) is 2. The second kappa shape index (κ2) is 7.71. The number of carbonyl (C=O) groups is 1. The molecule has 2 aromatic carbocycles. The van der Waals surface area contributed by atoms with Crippen molar-refractivity contribution in [3.8, 4) is 0 Å². The Morgan fingerprint density at radius 2 is 1.90 bits per heavy atom. The van der Waals surface area contributed by atoms with Gasteiger partial charge in [-0.2, -0.15) is 0 Å². The molecule has 2 aliphatic heterocycles. The van der Waals surface area contributed by atoms with Crippen LogP contribution < -0.4 is 4.90 Å². The fraction of sp³-hybridized carbons (Fsp3) is 0.375. The maximum Gasteiger partial charge on any atom is 0.258 e. The summed E-state index contributed by atoms with van der Waals surface area (Å²) < 4.78 is 27.8. The summed E-state index contributed by atoms with van der Waals surface area (Å²) in [5, 5.41) is 0. The van der Waals surface area contributed by atoms with Gasteiger partial charge in [-0.15, -0.1) is 6.58 Å². The van der Waals surface area contributed by atoms with Crippen molar-refractivity contribution in [2.75, 3.05) is 31.1 Å². The second-order valence-corrected chi connectivity index (χ2v) is 8.36. The summed E-state index contributed by atoms with van der Waals surface area (Å²) in [5.41, 5.74) is 1.70. The topological polar surface area (TPSA) is 23.6 Å². The van der Waals surface area contributed by atoms with Crippen LogP contribution in [0.5, 0.6) is 0 Å². The molecule has 152 valence electrons. The molecule has 0 aromatic heterocycles. The zero-order valence-electron chi connectivity index (χ0n) is 16.7. The normalized spacial score (nSPS) is 19.2. The van der Waals surface area contributed by atoms with Crippen LogP contribution in [0.2, 0.25) is 0 Å². The number of fused-ring (bicyclic) bond motifs is 2. The van der Waals surface area contributed by atoms with Crippen molar-refractivity contribution >= 4 is 11.6 Å². The number of hydrogen-bond donors (Lipinski definition) is 0. The van der Waals surface area contributed by atoms with Crippen molar-refractivity contribution in [2.45, 2.75) is 25.2 Å². The number of rotatable bonds is 4. The smallest absolute Gasteiger partial charge is 0.258 e. The molecule has 2 aliphatic rings. The fourth-order valence-corrected chi connectivity index (χ4v) is 4.67. The number of carbonyl (C=O) groups excluding carboxylic acids is 1. The van der Waals surface area contributed by atoms with Crippen LogP contribution in [0.3, 0.4) is 0 Å². The third-order valence-electron chi connectivity index (χ3n) is 6.36. The van der Waals surface area contributed by atoms with Gasteiger partial charge >= 0.3 is 0 Å². The fourth-order valence-electron chi connectivity index (χ4n) is 4.67. The lowest BCUT2D eigenvalue weighted by atomic mass is 9.74. The Labute approximate surface area is 170 Å². The van der Waals surface area contributed by atoms with Crippen LogP contribution in [-0.4, -0.2) is 37.0 Å². The lowest BCUT2D eigenvalue weighted by molar-refractivity contribution is 0.0975. The highest BCUT2D eigenvalue weighted by Gasteiger charge is 2.46. The minimum Gasteiger partial charge on any atom is -0.307 e. The minimum atomic E-state index is -0.436. The molecular formula is C24H26F2N2O. The quantitative estimate of drug-likeness (QED) is 0.695. The number of halogens is 2. The van der Waals surface area contributed by atoms with Crippen molar-refractivity contribution in [1.82, 2.24) is 4.90 Å². The molecule has 1 fully saturated rings. The lowest BCUT2D eigenvalue weighted by Gasteiger charge is -2.40. The SMILES string of the molecule is C=CC(C)CN1CCC2(CC1)CN(C(=O)c1cccc(F)c1)c1ccc(F)cc12. The van der Waals surface area contributed by atoms with Gasteiger partial charge in [0.1, 0.15) is 11.6 Å². The highest BCUT2D eigenvalue weighted by Crippen LogP contribution is 2.47. The molecule has 5 heteroatoms. The van der Waals surface area contributed by atoms with Crippen LogP contribution in [-0.2, 0) is 5.41 Å². The predicted molar refractivity (Wildman–Crippen MR) is 111 cm³/mol. The number of amides is 1. The Morgan fingerprint density at radius 3 is 2.59 bits per heavy atom. The van der Waals surface area contributed by atoms with E-state index in [1.54, 1.807) is 29.2 Å². The van der Waals surface area contributed by atoms with Gasteiger partial charge in [0.25, 0.3) is 5.91 Å². The molecule has 1 unspecified atom stereocenters. The van der Waals surface area contributed by atoms with E-state index in [1.807, 2.05) is 6.08 Å². The highest BCUT2D eigenvalue weighted by atomic mass is 19.1. The Bertz CT molecular complexity index is 934. The Balaban J connectivity index is 1.62. The Kier molecular flexibility index (Phi) is 5.26. The standard InChI is InChI=1S/C24H26F2N2O/c1-3-17(2)15-27-11-9-24(10-12-27)16-28(22-8-7-20(26)14-21(22)24)23(29)18-5-4-6-19(25)13-18/h3-8,13-14,17H,1,9-12,15-16H2,2H3. The van der Waals surface area contributed by atoms with E-state index >= 15 is 0 Å². The summed E-state index contributed by atoms with van der Waals surface area (Å²) >= 11 is 0. The van der Waals surface area contributed by atoms with E-state index in [9.17, 15) is 13.6 Å². The first kappa shape index (κ1) is 19.8. The summed E-state index contributed by atoms with van der Waals surface area (Å²) in [5.74, 6) is -0.542. The van der Waals surface area contributed by atoms with Gasteiger partial charge in [-0.3, -0.25) is 4.79 Å². The summed E-state index contributed by atoms with van der Waals surface area (Å²) in [7, 11) is 0. The van der Waals surface area contributed by atoms with E-state index in [-0.39, 0.29) is 17.1 Å². The number of nitrogens with zero attached hydrogens (tertiary/aromatic N) is 2. The van der Waals surface area contributed by atoms with Gasteiger partial charge in [-0.25, -0.2) is 8.78 Å². The second-order valence-electron chi connectivity index (χ2n) is 8.36. The molecule has 0 aliphatic carbocycles. The van der Waals surface area contributed by atoms with Crippen LogP contribution in [0, 0.1) is 17.6 Å². The predicted octanol–water partition coefficient (Wildman–Crippen LogP) is 4.78. The molecule has 4 rings (SSSR count). The molecule has 0 saturated carbocycles. The van der Waals surface area contributed by atoms with E-state index in [2.05, 4.69) is 18.4 Å². The summed E-state index contributed by atoms with van der Waals surface area (Å²) in [4.78, 5) is 17.3. The molecule has 29 heavy (non-hydrogen) atoms. The average molecular weight is 396 g/mol. The first-order valence-electron chi connectivity index (χ1n) is 10.1. The molecule has 0 bridgehead atoms. The summed E-state index contributed by atoms with van der Waals surface area (Å²) in [6, 6.07) is 10.4. The monoisotopic (exact) mass is 396 g/mol. The van der Waals surface area contributed by atoms with Crippen molar-refractivity contribution in [3.05, 3.63) is 77.9 Å². The van der Waals surface area contributed by atoms with Gasteiger partial charge in [0.2, 0.25) is 0 Å². The van der Waals surface area contributed by atoms with Gasteiger partial charge in [0, 0.05) is 29.8 Å². The first-order valence-corrected chi connectivity index (χ1v) is 10.1. The molecule has 2 aromatic rings. The summed E-state index contributed by atoms with van der Waals surface area (Å²) in [6.07, 6.45) is 3.69. The van der Waals surface area contributed by atoms with E-state index in [1.165, 1.54) is 18.2 Å². The Morgan fingerprint density at radius 1 is 1.17 bits per heavy atom. The van der Waals surface area contributed by atoms with Crippen LogP contribution >= 0.6 is 0 Å². The summed E-state index contributed by atoms with van der Waals surface area (Å²) in [6.45, 7) is 9.28. The molecule has 1 amide bonds. The minimum absolute atomic E-state index is 0.239. The third-order valence-corrected chi connectivity index (χ3v) is 6.36. The Hall–Kier alpha value is -2.53. The van der Waals surface area contributed by atoms with Gasteiger partial charge in [0.05, 0.1) is 0 Å². The maximum absolute atomic E-state index is 14.1. The lowest BCUT2D eigenvalue weighted by Crippen LogP contribution is -2.46. The molecule has 0 radical (unpaired) electrons. The van der Waals surface area contributed by atoms with Gasteiger partial charge < -0.3 is 9.80 Å². The molecule has 3 nitrogen and oxygen atoms in total. The zero-order valence-corrected chi connectivity index (χ0v) is 16.7. The highest BCUT2D eigenvalue weighted by molar-refractivity contribution is 6.07. The van der Waals surface area contributed by atoms with Crippen molar-refractivity contribution in [1.29, 1.82) is 0 Å². The van der Waals surface area contributed by atoms with E-state index < -0.39 is 5.82 Å². The van der Waals surface area contributed by atoms with E-state index in [4.69, 9.17) is 0 Å². The number of benzene rings is 2. The first-order chi connectivity index (χ1) is 13.9. The molecule has 0 N–H and O–H groups in total. The van der Waals surface area contributed by atoms with Crippen LogP contribution in [0.15, 0.2) is 55.1 Å². The zero-order chi connectivity index (χ0) is 20.6. The molecule has 1 atom stereocenters. The third kappa shape index (κ3) is 3.71. The maximum atomic E-state index is 14.1. The van der Waals surface area contributed by atoms with Crippen LogP contribution in [0.4, 0.5) is 14.5 Å². The van der Waals surface area contributed by atoms with Crippen LogP contribution in [0.25, 0.3) is 0 Å². The van der Waals surface area contributed by atoms with E-state index in [0.717, 1.165) is 43.7 Å². The van der Waals surface area contributed by atoms with Crippen molar-refractivity contribution < 1.29 is 13.6 Å². The van der Waals surface area contributed by atoms with Gasteiger partial charge in [0.15, 0.2) is 0 Å². The van der Waals surface area contributed by atoms with Crippen molar-refractivity contribution in [3.63, 3.8) is 0 Å². The number of likely N-dealkylation sites (tertiary alicyclic amines) is 1. The van der Waals surface area contributed by atoms with Gasteiger partial charge in [-0.1, -0.05) is 19.1 Å². The molecule has 1 saturated heterocycles. The van der Waals surface area contributed by atoms with Crippen molar-refractivity contribution in [2.24, 2.45) is 5.92 Å². The average Bonchev–Trinajstić information content (AvgIpc) is 3.02. The largest absolute Gasteiger partial charge is 0.307 e. The van der Waals surface area contributed by atoms with Gasteiger partial charge in [-0.05, 0) is 73.8 Å².